The van der Waals surface area contributed by atoms with Gasteiger partial charge in [0, 0.05) is 0 Å². The maximum Gasteiger partial charge on any atom is 0.337 e. The molecule has 0 aliphatic rings. The maximum absolute atomic E-state index is 11.3. The fourth-order valence-electron chi connectivity index (χ4n) is 4.72. The molecule has 218 valence electrons. The predicted molar refractivity (Wildman–Crippen MR) is 168 cm³/mol. The van der Waals surface area contributed by atoms with Crippen LogP contribution in [0.4, 0.5) is 0 Å². The summed E-state index contributed by atoms with van der Waals surface area (Å²) in [5.74, 6) is -1.74. The molecule has 0 spiro atoms. The Labute approximate surface area is 251 Å². The molecule has 5 rings (SSSR count). The van der Waals surface area contributed by atoms with Gasteiger partial charge in [-0.25, -0.2) is 18.0 Å². The lowest BCUT2D eigenvalue weighted by molar-refractivity contribution is 0.0598. The van der Waals surface area contributed by atoms with Crippen LogP contribution in [0.25, 0.3) is 0 Å². The molecule has 9 heteroatoms. The molecule has 0 atom stereocenters. The smallest absolute Gasteiger partial charge is 0.337 e. The molecule has 7 nitrogen and oxygen atoms in total. The van der Waals surface area contributed by atoms with Crippen molar-refractivity contribution in [2.24, 2.45) is 0 Å². The highest BCUT2D eigenvalue weighted by molar-refractivity contribution is 8.01. The summed E-state index contributed by atoms with van der Waals surface area (Å²) in [6.07, 6.45) is 0. The molecular weight excluding hydrogens is 583 g/mol. The zero-order valence-electron chi connectivity index (χ0n) is 23.5. The molecule has 0 heterocycles. The molecule has 0 saturated heterocycles. The Balaban J connectivity index is 0.000000209. The largest absolute Gasteiger partial charge is 0.744 e. The van der Waals surface area contributed by atoms with Gasteiger partial charge in [-0.2, -0.15) is 0 Å². The van der Waals surface area contributed by atoms with E-state index in [0.717, 1.165) is 32.4 Å². The molecule has 0 unspecified atom stereocenters. The number of hydrogen-bond acceptors (Lipinski definition) is 7. The molecule has 0 bridgehead atoms. The van der Waals surface area contributed by atoms with Gasteiger partial charge in [0.25, 0.3) is 0 Å². The Hall–Kier alpha value is -4.62. The SMILES string of the molecule is COC(=O)c1cc(C(=O)OC)cc(S(=O)(=O)[O-])c1.c1ccc([P+](c2ccccc2)(c2ccccc2)c2ccccc2)cc1. The second-order valence-electron chi connectivity index (χ2n) is 9.20. The van der Waals surface area contributed by atoms with Gasteiger partial charge in [-0.15, -0.1) is 0 Å². The number of rotatable bonds is 7. The Morgan fingerprint density at radius 3 is 1.05 bits per heavy atom. The Kier molecular flexibility index (Phi) is 10.2. The van der Waals surface area contributed by atoms with Gasteiger partial charge in [-0.1, -0.05) is 72.8 Å². The van der Waals surface area contributed by atoms with Gasteiger partial charge in [0.15, 0.2) is 0 Å². The molecule has 0 fully saturated rings. The summed E-state index contributed by atoms with van der Waals surface area (Å²) in [4.78, 5) is 21.9. The van der Waals surface area contributed by atoms with Crippen LogP contribution in [0.3, 0.4) is 0 Å². The van der Waals surface area contributed by atoms with Gasteiger partial charge in [-0.3, -0.25) is 0 Å². The Bertz CT molecular complexity index is 1580. The number of carbonyl (C=O) groups excluding carboxylic acids is 2. The van der Waals surface area contributed by atoms with E-state index in [9.17, 15) is 22.6 Å². The van der Waals surface area contributed by atoms with E-state index < -0.39 is 34.2 Å². The van der Waals surface area contributed by atoms with Crippen molar-refractivity contribution < 1.29 is 32.0 Å². The van der Waals surface area contributed by atoms with Crippen molar-refractivity contribution in [1.29, 1.82) is 0 Å². The minimum atomic E-state index is -4.80. The highest BCUT2D eigenvalue weighted by Gasteiger charge is 2.47. The van der Waals surface area contributed by atoms with E-state index >= 15 is 0 Å². The van der Waals surface area contributed by atoms with E-state index in [1.165, 1.54) is 21.2 Å². The van der Waals surface area contributed by atoms with E-state index in [4.69, 9.17) is 0 Å². The molecule has 0 N–H and O–H groups in total. The summed E-state index contributed by atoms with van der Waals surface area (Å²) < 4.78 is 41.5. The monoisotopic (exact) mass is 612 g/mol. The fraction of sp³-hybridized carbons (Fsp3) is 0.0588. The zero-order chi connectivity index (χ0) is 30.9. The van der Waals surface area contributed by atoms with Crippen LogP contribution in [-0.2, 0) is 19.6 Å². The lowest BCUT2D eigenvalue weighted by atomic mass is 10.1. The third-order valence-electron chi connectivity index (χ3n) is 6.61. The number of carbonyl (C=O) groups is 2. The first-order chi connectivity index (χ1) is 20.7. The van der Waals surface area contributed by atoms with Gasteiger partial charge in [0.05, 0.1) is 30.2 Å². The van der Waals surface area contributed by atoms with Crippen LogP contribution in [0, 0.1) is 0 Å². The Morgan fingerprint density at radius 1 is 0.535 bits per heavy atom. The fourth-order valence-corrected chi connectivity index (χ4v) is 9.52. The van der Waals surface area contributed by atoms with Crippen LogP contribution in [-0.4, -0.2) is 39.1 Å². The molecule has 5 aromatic rings. The third-order valence-corrected chi connectivity index (χ3v) is 11.7. The standard InChI is InChI=1S/C24H20P.C10H10O7S/c1-5-13-21(14-6-1)25(22-15-7-2-8-16-22,23-17-9-3-10-18-23)24-19-11-4-12-20-24;1-16-9(11)6-3-7(10(12)17-2)5-8(4-6)18(13,14)15/h1-20H;3-5H,1-2H3,(H,13,14,15)/q+1;/p-1. The van der Waals surface area contributed by atoms with Crippen molar-refractivity contribution in [2.75, 3.05) is 14.2 Å². The van der Waals surface area contributed by atoms with Crippen molar-refractivity contribution in [3.8, 4) is 0 Å². The lowest BCUT2D eigenvalue weighted by Gasteiger charge is -2.27. The van der Waals surface area contributed by atoms with Crippen LogP contribution in [0.1, 0.15) is 20.7 Å². The highest BCUT2D eigenvalue weighted by Crippen LogP contribution is 2.53. The van der Waals surface area contributed by atoms with E-state index in [1.54, 1.807) is 0 Å². The number of esters is 2. The summed E-state index contributed by atoms with van der Waals surface area (Å²) in [6, 6.07) is 46.6. The molecule has 43 heavy (non-hydrogen) atoms. The van der Waals surface area contributed by atoms with Gasteiger partial charge >= 0.3 is 11.9 Å². The lowest BCUT2D eigenvalue weighted by Crippen LogP contribution is -2.38. The van der Waals surface area contributed by atoms with Crippen molar-refractivity contribution in [3.05, 3.63) is 151 Å². The normalized spacial score (nSPS) is 11.0. The minimum absolute atomic E-state index is 0.227. The number of methoxy groups -OCH3 is 2. The first-order valence-electron chi connectivity index (χ1n) is 13.1. The van der Waals surface area contributed by atoms with Crippen LogP contribution < -0.4 is 21.2 Å². The molecule has 0 aliphatic carbocycles. The molecule has 0 aliphatic heterocycles. The maximum atomic E-state index is 11.3. The third kappa shape index (κ3) is 7.07. The van der Waals surface area contributed by atoms with Gasteiger partial charge < -0.3 is 14.0 Å². The number of ether oxygens (including phenoxy) is 2. The summed E-state index contributed by atoms with van der Waals surface area (Å²) in [5, 5.41) is 5.55. The minimum Gasteiger partial charge on any atom is -0.744 e. The van der Waals surface area contributed by atoms with E-state index in [0.29, 0.717) is 0 Å². The van der Waals surface area contributed by atoms with Crippen LogP contribution in [0.2, 0.25) is 0 Å². The van der Waals surface area contributed by atoms with Gasteiger partial charge in [0.2, 0.25) is 0 Å². The van der Waals surface area contributed by atoms with Crippen LogP contribution in [0.5, 0.6) is 0 Å². The number of hydrogen-bond donors (Lipinski definition) is 0. The Morgan fingerprint density at radius 2 is 0.814 bits per heavy atom. The van der Waals surface area contributed by atoms with Crippen molar-refractivity contribution >= 4 is 50.5 Å². The molecule has 0 amide bonds. The summed E-state index contributed by atoms with van der Waals surface area (Å²) >= 11 is 0. The van der Waals surface area contributed by atoms with Gasteiger partial charge in [-0.05, 0) is 66.7 Å². The summed E-state index contributed by atoms with van der Waals surface area (Å²) in [5.41, 5.74) is -0.454. The predicted octanol–water partition coefficient (Wildman–Crippen LogP) is 4.47. The second kappa shape index (κ2) is 14.0. The van der Waals surface area contributed by atoms with Crippen molar-refractivity contribution in [2.45, 2.75) is 4.90 Å². The molecule has 0 aromatic heterocycles. The second-order valence-corrected chi connectivity index (χ2v) is 14.0. The molecule has 0 radical (unpaired) electrons. The summed E-state index contributed by atoms with van der Waals surface area (Å²) in [6.45, 7) is 0. The average molecular weight is 613 g/mol. The van der Waals surface area contributed by atoms with Crippen molar-refractivity contribution in [3.63, 3.8) is 0 Å². The van der Waals surface area contributed by atoms with Gasteiger partial charge in [0.1, 0.15) is 38.6 Å². The molecule has 5 aromatic carbocycles. The molecule has 0 saturated carbocycles. The van der Waals surface area contributed by atoms with Crippen LogP contribution in [0.15, 0.2) is 144 Å². The average Bonchev–Trinajstić information content (AvgIpc) is 3.06. The van der Waals surface area contributed by atoms with Crippen molar-refractivity contribution in [1.82, 2.24) is 0 Å². The highest BCUT2D eigenvalue weighted by atomic mass is 32.2. The summed E-state index contributed by atoms with van der Waals surface area (Å²) in [7, 11) is -4.54. The topological polar surface area (TPSA) is 110 Å². The number of benzene rings is 5. The quantitative estimate of drug-likeness (QED) is 0.152. The van der Waals surface area contributed by atoms with E-state index in [1.807, 2.05) is 0 Å². The zero-order valence-corrected chi connectivity index (χ0v) is 25.2. The first kappa shape index (κ1) is 31.3. The molecular formula is C34H29O7PS. The van der Waals surface area contributed by atoms with E-state index in [-0.39, 0.29) is 11.1 Å². The van der Waals surface area contributed by atoms with E-state index in [2.05, 4.69) is 131 Å². The first-order valence-corrected chi connectivity index (χ1v) is 16.3. The van der Waals surface area contributed by atoms with Crippen LogP contribution >= 0.6 is 7.26 Å².